The highest BCUT2D eigenvalue weighted by Crippen LogP contribution is 2.05. The number of amides is 1. The zero-order valence-corrected chi connectivity index (χ0v) is 10.0. The molecule has 1 aliphatic heterocycles. The smallest absolute Gasteiger partial charge is 0.274 e. The third-order valence-corrected chi connectivity index (χ3v) is 2.97. The van der Waals surface area contributed by atoms with Crippen LogP contribution in [-0.2, 0) is 0 Å². The number of nitrogens with zero attached hydrogens (tertiary/aromatic N) is 3. The van der Waals surface area contributed by atoms with Crippen molar-refractivity contribution in [3.8, 4) is 0 Å². The lowest BCUT2D eigenvalue weighted by atomic mass is 10.3. The van der Waals surface area contributed by atoms with Crippen LogP contribution in [0.5, 0.6) is 0 Å². The number of hydrogen-bond donors (Lipinski definition) is 2. The molecule has 2 rings (SSSR count). The molecule has 0 saturated carbocycles. The molecule has 1 amide bonds. The van der Waals surface area contributed by atoms with Gasteiger partial charge in [0, 0.05) is 38.9 Å². The molecule has 0 aliphatic carbocycles. The summed E-state index contributed by atoms with van der Waals surface area (Å²) in [6.07, 6.45) is 2.44. The average molecular weight is 252 g/mol. The van der Waals surface area contributed by atoms with Crippen molar-refractivity contribution in [1.29, 1.82) is 0 Å². The van der Waals surface area contributed by atoms with E-state index >= 15 is 0 Å². The molecule has 0 atom stereocenters. The van der Waals surface area contributed by atoms with Crippen molar-refractivity contribution in [2.24, 2.45) is 0 Å². The van der Waals surface area contributed by atoms with E-state index in [-0.39, 0.29) is 23.8 Å². The average Bonchev–Trinajstić information content (AvgIpc) is 2.40. The summed E-state index contributed by atoms with van der Waals surface area (Å²) in [7, 11) is 0. The molecule has 0 aromatic carbocycles. The predicted octanol–water partition coefficient (Wildman–Crippen LogP) is -1.48. The zero-order chi connectivity index (χ0) is 13.0. The standard InChI is InChI=1S/C11H16N4O3/c16-6-5-14-1-3-15(4-2-14)11(18)9-7-13-10(17)8-12-9/h7-8,16H,1-6H2,(H,13,17). The number of β-amino-alcohol motifs (C(OH)–C–C–N with tert-alkyl or cyclic N) is 1. The van der Waals surface area contributed by atoms with Crippen molar-refractivity contribution >= 4 is 5.91 Å². The Morgan fingerprint density at radius 3 is 2.67 bits per heavy atom. The van der Waals surface area contributed by atoms with E-state index in [1.54, 1.807) is 4.90 Å². The molecule has 0 spiro atoms. The quantitative estimate of drug-likeness (QED) is 0.685. The minimum atomic E-state index is -0.320. The second-order valence-corrected chi connectivity index (χ2v) is 4.15. The molecule has 7 heteroatoms. The summed E-state index contributed by atoms with van der Waals surface area (Å²) in [6.45, 7) is 3.49. The first-order valence-corrected chi connectivity index (χ1v) is 5.88. The van der Waals surface area contributed by atoms with Crippen molar-refractivity contribution in [2.75, 3.05) is 39.3 Å². The number of carbonyl (C=O) groups is 1. The predicted molar refractivity (Wildman–Crippen MR) is 64.3 cm³/mol. The number of hydrogen-bond acceptors (Lipinski definition) is 5. The molecule has 0 unspecified atom stereocenters. The third-order valence-electron chi connectivity index (χ3n) is 2.97. The minimum absolute atomic E-state index is 0.134. The summed E-state index contributed by atoms with van der Waals surface area (Å²) in [5, 5.41) is 8.83. The van der Waals surface area contributed by atoms with E-state index in [2.05, 4.69) is 14.9 Å². The number of aliphatic hydroxyl groups is 1. The fraction of sp³-hybridized carbons (Fsp3) is 0.545. The highest BCUT2D eigenvalue weighted by atomic mass is 16.3. The van der Waals surface area contributed by atoms with Crippen molar-refractivity contribution < 1.29 is 9.90 Å². The van der Waals surface area contributed by atoms with Crippen LogP contribution in [0, 0.1) is 0 Å². The summed E-state index contributed by atoms with van der Waals surface area (Å²) in [6, 6.07) is 0. The Hall–Kier alpha value is -1.73. The number of rotatable bonds is 3. The topological polar surface area (TPSA) is 89.5 Å². The van der Waals surface area contributed by atoms with Gasteiger partial charge in [-0.25, -0.2) is 4.98 Å². The van der Waals surface area contributed by atoms with Gasteiger partial charge in [-0.1, -0.05) is 0 Å². The van der Waals surface area contributed by atoms with Crippen LogP contribution in [0.25, 0.3) is 0 Å². The van der Waals surface area contributed by atoms with E-state index in [4.69, 9.17) is 5.11 Å². The zero-order valence-electron chi connectivity index (χ0n) is 10.0. The molecule has 7 nitrogen and oxygen atoms in total. The Bertz CT molecular complexity index is 445. The Morgan fingerprint density at radius 2 is 2.11 bits per heavy atom. The normalized spacial score (nSPS) is 16.8. The Kier molecular flexibility index (Phi) is 4.06. The lowest BCUT2D eigenvalue weighted by Crippen LogP contribution is -2.49. The number of piperazine rings is 1. The summed E-state index contributed by atoms with van der Waals surface area (Å²) in [5.41, 5.74) is -0.0653. The number of aliphatic hydroxyl groups excluding tert-OH is 1. The number of H-pyrrole nitrogens is 1. The molecular weight excluding hydrogens is 236 g/mol. The van der Waals surface area contributed by atoms with Crippen LogP contribution < -0.4 is 5.56 Å². The van der Waals surface area contributed by atoms with E-state index in [1.165, 1.54) is 6.20 Å². The van der Waals surface area contributed by atoms with Gasteiger partial charge in [0.2, 0.25) is 0 Å². The number of aromatic nitrogens is 2. The van der Waals surface area contributed by atoms with Crippen LogP contribution in [0.15, 0.2) is 17.2 Å². The first-order chi connectivity index (χ1) is 8.70. The molecule has 1 saturated heterocycles. The third kappa shape index (κ3) is 2.93. The minimum Gasteiger partial charge on any atom is -0.395 e. The maximum absolute atomic E-state index is 12.0. The maximum Gasteiger partial charge on any atom is 0.274 e. The van der Waals surface area contributed by atoms with E-state index in [0.29, 0.717) is 19.6 Å². The molecule has 1 fully saturated rings. The van der Waals surface area contributed by atoms with Crippen LogP contribution in [0.3, 0.4) is 0 Å². The highest BCUT2D eigenvalue weighted by Gasteiger charge is 2.22. The fourth-order valence-corrected chi connectivity index (χ4v) is 1.94. The monoisotopic (exact) mass is 252 g/mol. The van der Waals surface area contributed by atoms with E-state index < -0.39 is 0 Å². The molecular formula is C11H16N4O3. The number of carbonyl (C=O) groups excluding carboxylic acids is 1. The van der Waals surface area contributed by atoms with Gasteiger partial charge < -0.3 is 15.0 Å². The SMILES string of the molecule is O=C(c1c[nH]c(=O)cn1)N1CCN(CCO)CC1. The molecule has 1 aromatic heterocycles. The van der Waals surface area contributed by atoms with Gasteiger partial charge >= 0.3 is 0 Å². The van der Waals surface area contributed by atoms with Gasteiger partial charge in [-0.15, -0.1) is 0 Å². The Balaban J connectivity index is 1.95. The van der Waals surface area contributed by atoms with Gasteiger partial charge in [-0.2, -0.15) is 0 Å². The van der Waals surface area contributed by atoms with E-state index in [0.717, 1.165) is 19.3 Å². The number of aromatic amines is 1. The van der Waals surface area contributed by atoms with Crippen molar-refractivity contribution in [3.63, 3.8) is 0 Å². The van der Waals surface area contributed by atoms with Gasteiger partial charge in [0.05, 0.1) is 12.8 Å². The molecule has 2 N–H and O–H groups in total. The van der Waals surface area contributed by atoms with Gasteiger partial charge in [-0.05, 0) is 0 Å². The molecule has 0 radical (unpaired) electrons. The van der Waals surface area contributed by atoms with Gasteiger partial charge in [-0.3, -0.25) is 14.5 Å². The van der Waals surface area contributed by atoms with Crippen molar-refractivity contribution in [3.05, 3.63) is 28.4 Å². The van der Waals surface area contributed by atoms with Crippen LogP contribution in [0.4, 0.5) is 0 Å². The first kappa shape index (κ1) is 12.7. The Morgan fingerprint density at radius 1 is 1.39 bits per heavy atom. The van der Waals surface area contributed by atoms with E-state index in [1.807, 2.05) is 0 Å². The van der Waals surface area contributed by atoms with Crippen LogP contribution >= 0.6 is 0 Å². The second-order valence-electron chi connectivity index (χ2n) is 4.15. The van der Waals surface area contributed by atoms with Gasteiger partial charge in [0.1, 0.15) is 5.69 Å². The van der Waals surface area contributed by atoms with Crippen molar-refractivity contribution in [2.45, 2.75) is 0 Å². The van der Waals surface area contributed by atoms with E-state index in [9.17, 15) is 9.59 Å². The largest absolute Gasteiger partial charge is 0.395 e. The summed E-state index contributed by atoms with van der Waals surface area (Å²) < 4.78 is 0. The lowest BCUT2D eigenvalue weighted by molar-refractivity contribution is 0.0609. The van der Waals surface area contributed by atoms with Crippen LogP contribution in [-0.4, -0.2) is 70.1 Å². The maximum atomic E-state index is 12.0. The lowest BCUT2D eigenvalue weighted by Gasteiger charge is -2.34. The fourth-order valence-electron chi connectivity index (χ4n) is 1.94. The summed E-state index contributed by atoms with van der Waals surface area (Å²) in [5.74, 6) is -0.171. The molecule has 2 heterocycles. The highest BCUT2D eigenvalue weighted by molar-refractivity contribution is 5.92. The van der Waals surface area contributed by atoms with Crippen LogP contribution in [0.1, 0.15) is 10.5 Å². The molecule has 0 bridgehead atoms. The van der Waals surface area contributed by atoms with Gasteiger partial charge in [0.15, 0.2) is 0 Å². The molecule has 1 aromatic rings. The molecule has 98 valence electrons. The molecule has 18 heavy (non-hydrogen) atoms. The first-order valence-electron chi connectivity index (χ1n) is 5.88. The summed E-state index contributed by atoms with van der Waals surface area (Å²) >= 11 is 0. The van der Waals surface area contributed by atoms with Crippen molar-refractivity contribution in [1.82, 2.24) is 19.8 Å². The Labute approximate surface area is 104 Å². The molecule has 1 aliphatic rings. The number of nitrogens with one attached hydrogen (secondary N) is 1. The van der Waals surface area contributed by atoms with Crippen LogP contribution in [0.2, 0.25) is 0 Å². The second kappa shape index (κ2) is 5.74. The van der Waals surface area contributed by atoms with Gasteiger partial charge in [0.25, 0.3) is 11.5 Å². The summed E-state index contributed by atoms with van der Waals surface area (Å²) in [4.78, 5) is 33.0.